The van der Waals surface area contributed by atoms with Crippen molar-refractivity contribution in [2.75, 3.05) is 39.2 Å². The van der Waals surface area contributed by atoms with E-state index >= 15 is 0 Å². The van der Waals surface area contributed by atoms with Crippen LogP contribution in [0.1, 0.15) is 24.2 Å². The molecule has 0 saturated carbocycles. The second-order valence-electron chi connectivity index (χ2n) is 7.45. The molecule has 152 valence electrons. The molecule has 1 aliphatic heterocycles. The minimum Gasteiger partial charge on any atom is -0.493 e. The van der Waals surface area contributed by atoms with Crippen LogP contribution in [0.3, 0.4) is 0 Å². The number of methoxy groups -OCH3 is 2. The van der Waals surface area contributed by atoms with Gasteiger partial charge >= 0.3 is 0 Å². The van der Waals surface area contributed by atoms with E-state index in [0.29, 0.717) is 29.6 Å². The normalized spacial score (nSPS) is 15.4. The molecule has 2 heterocycles. The molecule has 1 aromatic carbocycles. The fourth-order valence-corrected chi connectivity index (χ4v) is 3.75. The van der Waals surface area contributed by atoms with Crippen molar-refractivity contribution in [2.24, 2.45) is 5.92 Å². The van der Waals surface area contributed by atoms with E-state index in [1.165, 1.54) is 5.69 Å². The number of likely N-dealkylation sites (tertiary alicyclic amines) is 1. The summed E-state index contributed by atoms with van der Waals surface area (Å²) >= 11 is 0. The highest BCUT2D eigenvalue weighted by atomic mass is 16.5. The molecule has 1 aromatic heterocycles. The molecule has 0 atom stereocenters. The first-order chi connectivity index (χ1) is 13.5. The van der Waals surface area contributed by atoms with Crippen LogP contribution >= 0.6 is 0 Å². The molecule has 1 saturated heterocycles. The number of carbonyl (C=O) groups excluding carboxylic acids is 1. The van der Waals surface area contributed by atoms with Gasteiger partial charge in [-0.2, -0.15) is 5.10 Å². The Bertz CT molecular complexity index is 810. The fourth-order valence-electron chi connectivity index (χ4n) is 3.75. The van der Waals surface area contributed by atoms with Gasteiger partial charge in [0.2, 0.25) is 5.91 Å². The number of nitrogens with one attached hydrogen (secondary N) is 1. The third-order valence-corrected chi connectivity index (χ3v) is 5.28. The largest absolute Gasteiger partial charge is 0.493 e. The van der Waals surface area contributed by atoms with Crippen molar-refractivity contribution in [1.82, 2.24) is 14.7 Å². The highest BCUT2D eigenvalue weighted by molar-refractivity contribution is 5.92. The maximum Gasteiger partial charge on any atom is 0.238 e. The van der Waals surface area contributed by atoms with E-state index in [2.05, 4.69) is 33.0 Å². The van der Waals surface area contributed by atoms with Gasteiger partial charge in [-0.25, -0.2) is 0 Å². The van der Waals surface area contributed by atoms with Gasteiger partial charge < -0.3 is 14.8 Å². The highest BCUT2D eigenvalue weighted by Crippen LogP contribution is 2.29. The average molecular weight is 386 g/mol. The quantitative estimate of drug-likeness (QED) is 0.792. The van der Waals surface area contributed by atoms with E-state index < -0.39 is 0 Å². The van der Waals surface area contributed by atoms with Crippen LogP contribution in [-0.2, 0) is 11.3 Å². The van der Waals surface area contributed by atoms with Crippen molar-refractivity contribution < 1.29 is 14.3 Å². The Balaban J connectivity index is 1.46. The van der Waals surface area contributed by atoms with Gasteiger partial charge in [-0.3, -0.25) is 14.4 Å². The summed E-state index contributed by atoms with van der Waals surface area (Å²) in [6, 6.07) is 7.50. The van der Waals surface area contributed by atoms with Crippen molar-refractivity contribution in [1.29, 1.82) is 0 Å². The first-order valence-electron chi connectivity index (χ1n) is 9.73. The Labute approximate surface area is 166 Å². The van der Waals surface area contributed by atoms with E-state index in [9.17, 15) is 4.79 Å². The Hall–Kier alpha value is -2.54. The van der Waals surface area contributed by atoms with Crippen molar-refractivity contribution in [3.05, 3.63) is 35.7 Å². The monoisotopic (exact) mass is 386 g/mol. The van der Waals surface area contributed by atoms with Crippen LogP contribution in [0.2, 0.25) is 0 Å². The van der Waals surface area contributed by atoms with E-state index in [-0.39, 0.29) is 5.91 Å². The summed E-state index contributed by atoms with van der Waals surface area (Å²) in [6.45, 7) is 7.37. The number of nitrogens with zero attached hydrogens (tertiary/aromatic N) is 3. The Morgan fingerprint density at radius 1 is 1.14 bits per heavy atom. The number of anilines is 1. The molecule has 28 heavy (non-hydrogen) atoms. The van der Waals surface area contributed by atoms with Gasteiger partial charge in [-0.05, 0) is 63.9 Å². The van der Waals surface area contributed by atoms with Crippen molar-refractivity contribution in [3.63, 3.8) is 0 Å². The number of carbonyl (C=O) groups is 1. The van der Waals surface area contributed by atoms with Crippen LogP contribution < -0.4 is 14.8 Å². The molecule has 1 amide bonds. The number of piperidine rings is 1. The fraction of sp³-hybridized carbons (Fsp3) is 0.524. The van der Waals surface area contributed by atoms with Crippen LogP contribution in [0, 0.1) is 19.8 Å². The molecular weight excluding hydrogens is 356 g/mol. The summed E-state index contributed by atoms with van der Waals surface area (Å²) in [6.07, 6.45) is 2.17. The smallest absolute Gasteiger partial charge is 0.238 e. The molecule has 1 fully saturated rings. The Morgan fingerprint density at radius 2 is 1.86 bits per heavy atom. The van der Waals surface area contributed by atoms with Crippen molar-refractivity contribution in [2.45, 2.75) is 33.2 Å². The number of benzene rings is 1. The zero-order valence-electron chi connectivity index (χ0n) is 17.2. The number of amides is 1. The first-order valence-corrected chi connectivity index (χ1v) is 9.73. The standard InChI is InChI=1S/C21H30N4O3/c1-15-11-16(2)25(23-15)13-17-7-9-24(10-8-17)14-21(26)22-18-5-6-19(27-3)20(12-18)28-4/h5-6,11-12,17H,7-10,13-14H2,1-4H3,(H,22,26). The predicted molar refractivity (Wildman–Crippen MR) is 109 cm³/mol. The number of ether oxygens (including phenoxy) is 2. The maximum absolute atomic E-state index is 12.4. The predicted octanol–water partition coefficient (Wildman–Crippen LogP) is 2.87. The summed E-state index contributed by atoms with van der Waals surface area (Å²) in [5.74, 6) is 1.85. The Morgan fingerprint density at radius 3 is 2.46 bits per heavy atom. The molecule has 3 rings (SSSR count). The molecule has 7 heteroatoms. The topological polar surface area (TPSA) is 68.6 Å². The zero-order valence-corrected chi connectivity index (χ0v) is 17.2. The van der Waals surface area contributed by atoms with E-state index in [1.807, 2.05) is 13.0 Å². The number of hydrogen-bond donors (Lipinski definition) is 1. The zero-order chi connectivity index (χ0) is 20.1. The second kappa shape index (κ2) is 9.10. The van der Waals surface area contributed by atoms with Crippen LogP contribution in [0.5, 0.6) is 11.5 Å². The third kappa shape index (κ3) is 5.04. The summed E-state index contributed by atoms with van der Waals surface area (Å²) in [4.78, 5) is 14.6. The molecule has 7 nitrogen and oxygen atoms in total. The first kappa shape index (κ1) is 20.2. The van der Waals surface area contributed by atoms with E-state index in [0.717, 1.165) is 38.2 Å². The van der Waals surface area contributed by atoms with Crippen molar-refractivity contribution >= 4 is 11.6 Å². The molecule has 0 unspecified atom stereocenters. The average Bonchev–Trinajstić information content (AvgIpc) is 3.00. The van der Waals surface area contributed by atoms with Crippen molar-refractivity contribution in [3.8, 4) is 11.5 Å². The number of hydrogen-bond acceptors (Lipinski definition) is 5. The van der Waals surface area contributed by atoms with E-state index in [1.54, 1.807) is 26.4 Å². The molecule has 1 N–H and O–H groups in total. The van der Waals surface area contributed by atoms with Crippen LogP contribution in [0.25, 0.3) is 0 Å². The third-order valence-electron chi connectivity index (χ3n) is 5.28. The van der Waals surface area contributed by atoms with Crippen LogP contribution in [0.4, 0.5) is 5.69 Å². The van der Waals surface area contributed by atoms with Gasteiger partial charge in [0.25, 0.3) is 0 Å². The SMILES string of the molecule is COc1ccc(NC(=O)CN2CCC(Cn3nc(C)cc3C)CC2)cc1OC. The number of rotatable bonds is 7. The molecule has 0 spiro atoms. The lowest BCUT2D eigenvalue weighted by Crippen LogP contribution is -2.40. The lowest BCUT2D eigenvalue weighted by molar-refractivity contribution is -0.117. The van der Waals surface area contributed by atoms with Gasteiger partial charge in [0.15, 0.2) is 11.5 Å². The number of aromatic nitrogens is 2. The van der Waals surface area contributed by atoms with Gasteiger partial charge in [0.1, 0.15) is 0 Å². The lowest BCUT2D eigenvalue weighted by atomic mass is 9.97. The molecule has 1 aliphatic rings. The van der Waals surface area contributed by atoms with E-state index in [4.69, 9.17) is 9.47 Å². The summed E-state index contributed by atoms with van der Waals surface area (Å²) < 4.78 is 12.6. The summed E-state index contributed by atoms with van der Waals surface area (Å²) in [7, 11) is 3.17. The number of aryl methyl sites for hydroxylation is 2. The summed E-state index contributed by atoms with van der Waals surface area (Å²) in [5.41, 5.74) is 3.00. The molecule has 0 aliphatic carbocycles. The molecular formula is C21H30N4O3. The van der Waals surface area contributed by atoms with Crippen LogP contribution in [0.15, 0.2) is 24.3 Å². The lowest BCUT2D eigenvalue weighted by Gasteiger charge is -2.31. The molecule has 0 radical (unpaired) electrons. The highest BCUT2D eigenvalue weighted by Gasteiger charge is 2.22. The van der Waals surface area contributed by atoms with Crippen LogP contribution in [-0.4, -0.2) is 54.4 Å². The summed E-state index contributed by atoms with van der Waals surface area (Å²) in [5, 5.41) is 7.51. The molecule has 0 bridgehead atoms. The van der Waals surface area contributed by atoms with Gasteiger partial charge in [-0.1, -0.05) is 0 Å². The Kier molecular flexibility index (Phi) is 6.57. The van der Waals surface area contributed by atoms with Gasteiger partial charge in [-0.15, -0.1) is 0 Å². The second-order valence-corrected chi connectivity index (χ2v) is 7.45. The minimum absolute atomic E-state index is 0.00999. The van der Waals surface area contributed by atoms with Gasteiger partial charge in [0, 0.05) is 24.0 Å². The maximum atomic E-state index is 12.4. The minimum atomic E-state index is -0.00999. The molecule has 2 aromatic rings. The van der Waals surface area contributed by atoms with Gasteiger partial charge in [0.05, 0.1) is 26.5 Å².